The van der Waals surface area contributed by atoms with Gasteiger partial charge in [0.1, 0.15) is 4.90 Å². The third-order valence-corrected chi connectivity index (χ3v) is 10.3. The number of nitrogens with zero attached hydrogens (tertiary/aromatic N) is 2. The molecule has 3 aliphatic rings. The van der Waals surface area contributed by atoms with Crippen LogP contribution in [0.5, 0.6) is 0 Å². The first-order valence-corrected chi connectivity index (χ1v) is 14.7. The molecule has 0 bridgehead atoms. The molecule has 1 aliphatic heterocycles. The van der Waals surface area contributed by atoms with Crippen molar-refractivity contribution in [3.8, 4) is 11.1 Å². The second-order valence-corrected chi connectivity index (χ2v) is 12.7. The zero-order valence-electron chi connectivity index (χ0n) is 21.0. The average Bonchev–Trinajstić information content (AvgIpc) is 3.77. The summed E-state index contributed by atoms with van der Waals surface area (Å²) in [6, 6.07) is 17.4. The van der Waals surface area contributed by atoms with Crippen molar-refractivity contribution in [2.45, 2.75) is 61.8 Å². The van der Waals surface area contributed by atoms with Crippen molar-refractivity contribution >= 4 is 21.4 Å². The van der Waals surface area contributed by atoms with Crippen molar-refractivity contribution in [3.63, 3.8) is 0 Å². The number of likely N-dealkylation sites (N-methyl/N-ethyl adjacent to an activating group) is 1. The molecule has 194 valence electrons. The summed E-state index contributed by atoms with van der Waals surface area (Å²) in [7, 11) is -2.14. The molecule has 0 unspecified atom stereocenters. The van der Waals surface area contributed by atoms with Gasteiger partial charge in [-0.25, -0.2) is 17.2 Å². The van der Waals surface area contributed by atoms with Crippen molar-refractivity contribution in [1.29, 1.82) is 0 Å². The lowest BCUT2D eigenvalue weighted by Gasteiger charge is -2.36. The Balaban J connectivity index is 1.57. The Morgan fingerprint density at radius 3 is 2.24 bits per heavy atom. The van der Waals surface area contributed by atoms with Gasteiger partial charge in [-0.2, -0.15) is 4.31 Å². The van der Waals surface area contributed by atoms with Crippen molar-refractivity contribution < 1.29 is 17.2 Å². The predicted molar refractivity (Wildman–Crippen MR) is 143 cm³/mol. The molecule has 1 heterocycles. The van der Waals surface area contributed by atoms with Crippen LogP contribution < -0.4 is 4.90 Å². The summed E-state index contributed by atoms with van der Waals surface area (Å²) in [5.74, 6) is -1.27. The van der Waals surface area contributed by atoms with Gasteiger partial charge >= 0.3 is 0 Å². The molecule has 0 aromatic heterocycles. The van der Waals surface area contributed by atoms with Gasteiger partial charge in [-0.05, 0) is 90.6 Å². The second-order valence-electron chi connectivity index (χ2n) is 10.7. The summed E-state index contributed by atoms with van der Waals surface area (Å²) >= 11 is 0. The topological polar surface area (TPSA) is 40.6 Å². The number of para-hydroxylation sites is 1. The second kappa shape index (κ2) is 9.52. The minimum absolute atomic E-state index is 0.158. The van der Waals surface area contributed by atoms with E-state index in [-0.39, 0.29) is 16.9 Å². The Morgan fingerprint density at radius 2 is 1.57 bits per heavy atom. The number of fused-ring (bicyclic) bond motifs is 1. The Labute approximate surface area is 218 Å². The molecule has 1 atom stereocenters. The van der Waals surface area contributed by atoms with Gasteiger partial charge in [-0.15, -0.1) is 0 Å². The molecular weight excluding hydrogens is 490 g/mol. The first kappa shape index (κ1) is 24.6. The van der Waals surface area contributed by atoms with Gasteiger partial charge in [-0.1, -0.05) is 43.5 Å². The third-order valence-electron chi connectivity index (χ3n) is 8.43. The number of hydrogen-bond donors (Lipinski definition) is 0. The van der Waals surface area contributed by atoms with Crippen LogP contribution in [0.1, 0.15) is 56.4 Å². The van der Waals surface area contributed by atoms with E-state index in [4.69, 9.17) is 0 Å². The lowest BCUT2D eigenvalue weighted by molar-refractivity contribution is 0.218. The van der Waals surface area contributed by atoms with E-state index < -0.39 is 21.7 Å². The highest BCUT2D eigenvalue weighted by molar-refractivity contribution is 7.89. The summed E-state index contributed by atoms with van der Waals surface area (Å²) in [6.45, 7) is 0.575. The zero-order chi connectivity index (χ0) is 25.7. The molecule has 2 saturated carbocycles. The first-order chi connectivity index (χ1) is 17.8. The maximum absolute atomic E-state index is 14.3. The molecule has 3 aromatic rings. The van der Waals surface area contributed by atoms with Crippen LogP contribution in [0.4, 0.5) is 20.2 Å². The predicted octanol–water partition coefficient (Wildman–Crippen LogP) is 7.23. The lowest BCUT2D eigenvalue weighted by Crippen LogP contribution is -2.46. The van der Waals surface area contributed by atoms with Crippen molar-refractivity contribution in [2.24, 2.45) is 5.92 Å². The fourth-order valence-corrected chi connectivity index (χ4v) is 7.80. The number of halogens is 2. The molecule has 0 N–H and O–H groups in total. The fraction of sp³-hybridized carbons (Fsp3) is 0.400. The highest BCUT2D eigenvalue weighted by atomic mass is 32.2. The van der Waals surface area contributed by atoms with Gasteiger partial charge in [0.15, 0.2) is 11.6 Å². The summed E-state index contributed by atoms with van der Waals surface area (Å²) in [5.41, 5.74) is 3.80. The average molecular weight is 523 g/mol. The zero-order valence-corrected chi connectivity index (χ0v) is 21.9. The van der Waals surface area contributed by atoms with Gasteiger partial charge in [0.25, 0.3) is 0 Å². The third kappa shape index (κ3) is 4.46. The van der Waals surface area contributed by atoms with Crippen molar-refractivity contribution in [3.05, 3.63) is 77.9 Å². The van der Waals surface area contributed by atoms with E-state index in [0.717, 1.165) is 55.8 Å². The number of sulfonamides is 1. The molecule has 7 heteroatoms. The molecule has 2 fully saturated rings. The molecule has 0 saturated heterocycles. The number of anilines is 2. The Kier molecular flexibility index (Phi) is 6.32. The minimum Gasteiger partial charge on any atom is -0.339 e. The number of benzene rings is 3. The fourth-order valence-electron chi connectivity index (χ4n) is 6.20. The van der Waals surface area contributed by atoms with Crippen LogP contribution in [-0.2, 0) is 10.0 Å². The molecule has 0 amide bonds. The summed E-state index contributed by atoms with van der Waals surface area (Å²) in [5, 5.41) is 0. The summed E-state index contributed by atoms with van der Waals surface area (Å²) < 4.78 is 58.0. The first-order valence-electron chi connectivity index (χ1n) is 13.3. The Bertz CT molecular complexity index is 1420. The molecule has 4 nitrogen and oxygen atoms in total. The van der Waals surface area contributed by atoms with Gasteiger partial charge in [0.2, 0.25) is 10.0 Å². The van der Waals surface area contributed by atoms with Crippen LogP contribution in [0.3, 0.4) is 0 Å². The maximum Gasteiger partial charge on any atom is 0.245 e. The van der Waals surface area contributed by atoms with E-state index in [1.54, 1.807) is 23.5 Å². The summed E-state index contributed by atoms with van der Waals surface area (Å²) in [4.78, 5) is 2.39. The van der Waals surface area contributed by atoms with E-state index >= 15 is 0 Å². The van der Waals surface area contributed by atoms with Crippen LogP contribution in [0.25, 0.3) is 11.1 Å². The van der Waals surface area contributed by atoms with E-state index in [9.17, 15) is 17.2 Å². The van der Waals surface area contributed by atoms with Gasteiger partial charge < -0.3 is 4.90 Å². The Morgan fingerprint density at radius 1 is 0.838 bits per heavy atom. The summed E-state index contributed by atoms with van der Waals surface area (Å²) in [6.07, 6.45) is 7.49. The molecular formula is C30H32F2N2O2S. The van der Waals surface area contributed by atoms with Gasteiger partial charge in [-0.3, -0.25) is 0 Å². The van der Waals surface area contributed by atoms with Crippen LogP contribution >= 0.6 is 0 Å². The quantitative estimate of drug-likeness (QED) is 0.363. The van der Waals surface area contributed by atoms with Crippen LogP contribution in [0.15, 0.2) is 65.6 Å². The van der Waals surface area contributed by atoms with Crippen molar-refractivity contribution in [1.82, 2.24) is 4.31 Å². The molecule has 6 rings (SSSR count). The van der Waals surface area contributed by atoms with E-state index in [1.807, 2.05) is 36.4 Å². The molecule has 0 spiro atoms. The van der Waals surface area contributed by atoms with Crippen LogP contribution in [0, 0.1) is 17.6 Å². The standard InChI is InChI=1S/C30H32F2N2O2S/c1-33-29(21-8-4-2-5-9-21)19-34(23-10-6-3-7-11-23)28-17-24(20-12-13-20)25(18-30(28)37(33,35)36)22-14-15-26(31)27(32)16-22/h3,6-7,10-11,14-18,20-21,29H,2,4-5,8-9,12-13,19H2,1H3/t29-/m0/s1. The molecule has 0 radical (unpaired) electrons. The van der Waals surface area contributed by atoms with Gasteiger partial charge in [0.05, 0.1) is 5.69 Å². The SMILES string of the molecule is CN1[C@H](C2CCCCC2)CN(c2ccccc2)c2cc(C3CC3)c(-c3ccc(F)c(F)c3)cc2S1(=O)=O. The number of rotatable bonds is 4. The molecule has 37 heavy (non-hydrogen) atoms. The van der Waals surface area contributed by atoms with E-state index in [1.165, 1.54) is 12.5 Å². The van der Waals surface area contributed by atoms with Crippen LogP contribution in [0.2, 0.25) is 0 Å². The maximum atomic E-state index is 14.3. The lowest BCUT2D eigenvalue weighted by atomic mass is 9.83. The highest BCUT2D eigenvalue weighted by Gasteiger charge is 2.42. The molecule has 3 aromatic carbocycles. The van der Waals surface area contributed by atoms with Gasteiger partial charge in [0, 0.05) is 25.3 Å². The Hall–Kier alpha value is -2.77. The van der Waals surface area contributed by atoms with E-state index in [0.29, 0.717) is 29.3 Å². The normalized spacial score (nSPS) is 22.5. The molecule has 2 aliphatic carbocycles. The van der Waals surface area contributed by atoms with E-state index in [2.05, 4.69) is 4.90 Å². The minimum atomic E-state index is -3.84. The highest BCUT2D eigenvalue weighted by Crippen LogP contribution is 2.50. The van der Waals surface area contributed by atoms with Crippen LogP contribution in [-0.4, -0.2) is 32.4 Å². The van der Waals surface area contributed by atoms with Crippen molar-refractivity contribution in [2.75, 3.05) is 18.5 Å². The smallest absolute Gasteiger partial charge is 0.245 e. The monoisotopic (exact) mass is 522 g/mol. The largest absolute Gasteiger partial charge is 0.339 e. The number of hydrogen-bond acceptors (Lipinski definition) is 3.